The highest BCUT2D eigenvalue weighted by Crippen LogP contribution is 2.29. The summed E-state index contributed by atoms with van der Waals surface area (Å²) < 4.78 is 6.56. The predicted octanol–water partition coefficient (Wildman–Crippen LogP) is 4.58. The van der Waals surface area contributed by atoms with E-state index in [0.29, 0.717) is 0 Å². The normalized spacial score (nSPS) is 12.2. The van der Waals surface area contributed by atoms with Crippen molar-refractivity contribution in [3.05, 3.63) is 63.1 Å². The molecule has 1 atom stereocenters. The minimum Gasteiger partial charge on any atom is -0.496 e. The first-order chi connectivity index (χ1) is 10.1. The van der Waals surface area contributed by atoms with E-state index in [0.717, 1.165) is 16.6 Å². The van der Waals surface area contributed by atoms with Gasteiger partial charge in [-0.15, -0.1) is 0 Å². The van der Waals surface area contributed by atoms with Gasteiger partial charge in [0, 0.05) is 10.5 Å². The lowest BCUT2D eigenvalue weighted by atomic mass is 9.93. The zero-order valence-electron chi connectivity index (χ0n) is 13.0. The molecule has 1 N–H and O–H groups in total. The monoisotopic (exact) mass is 347 g/mol. The zero-order valence-corrected chi connectivity index (χ0v) is 14.6. The predicted molar refractivity (Wildman–Crippen MR) is 92.1 cm³/mol. The Balaban J connectivity index is 2.35. The summed E-state index contributed by atoms with van der Waals surface area (Å²) in [5.74, 6) is 0.934. The molecule has 0 radical (unpaired) electrons. The maximum absolute atomic E-state index is 5.49. The number of benzene rings is 2. The van der Waals surface area contributed by atoms with E-state index in [2.05, 4.69) is 59.4 Å². The highest BCUT2D eigenvalue weighted by Gasteiger charge is 2.16. The quantitative estimate of drug-likeness (QED) is 0.854. The molecule has 0 aromatic heterocycles. The minimum absolute atomic E-state index is 0.271. The molecule has 2 rings (SSSR count). The number of hydrogen-bond donors (Lipinski definition) is 1. The van der Waals surface area contributed by atoms with Crippen LogP contribution in [-0.4, -0.2) is 14.2 Å². The molecule has 112 valence electrons. The number of ether oxygens (including phenoxy) is 1. The molecule has 0 saturated carbocycles. The van der Waals surface area contributed by atoms with Crippen molar-refractivity contribution in [1.29, 1.82) is 0 Å². The number of methoxy groups -OCH3 is 1. The molecule has 2 aromatic rings. The van der Waals surface area contributed by atoms with Gasteiger partial charge in [-0.3, -0.25) is 0 Å². The van der Waals surface area contributed by atoms with Gasteiger partial charge in [0.05, 0.1) is 7.11 Å². The van der Waals surface area contributed by atoms with Crippen molar-refractivity contribution in [2.45, 2.75) is 26.3 Å². The molecule has 3 heteroatoms. The van der Waals surface area contributed by atoms with Crippen LogP contribution in [0, 0.1) is 13.8 Å². The molecule has 0 aliphatic heterocycles. The maximum Gasteiger partial charge on any atom is 0.122 e. The van der Waals surface area contributed by atoms with Gasteiger partial charge in [-0.1, -0.05) is 34.1 Å². The Bertz CT molecular complexity index is 625. The Hall–Kier alpha value is -1.32. The lowest BCUT2D eigenvalue weighted by Crippen LogP contribution is -2.20. The first-order valence-electron chi connectivity index (χ1n) is 7.12. The van der Waals surface area contributed by atoms with E-state index in [9.17, 15) is 0 Å². The third kappa shape index (κ3) is 3.66. The van der Waals surface area contributed by atoms with Crippen LogP contribution in [0.25, 0.3) is 0 Å². The van der Waals surface area contributed by atoms with Crippen molar-refractivity contribution in [1.82, 2.24) is 5.32 Å². The van der Waals surface area contributed by atoms with Gasteiger partial charge in [0.1, 0.15) is 5.75 Å². The zero-order chi connectivity index (χ0) is 15.4. The molecular formula is C18H22BrNO. The Kier molecular flexibility index (Phi) is 5.43. The van der Waals surface area contributed by atoms with Crippen LogP contribution >= 0.6 is 15.9 Å². The SMILES string of the molecule is CNC(Cc1cc(Br)ccc1OC)c1cccc(C)c1C. The average Bonchev–Trinajstić information content (AvgIpc) is 2.48. The number of aryl methyl sites for hydroxylation is 1. The molecule has 21 heavy (non-hydrogen) atoms. The Morgan fingerprint density at radius 1 is 1.19 bits per heavy atom. The van der Waals surface area contributed by atoms with Crippen molar-refractivity contribution in [2.75, 3.05) is 14.2 Å². The van der Waals surface area contributed by atoms with Gasteiger partial charge >= 0.3 is 0 Å². The van der Waals surface area contributed by atoms with Crippen LogP contribution < -0.4 is 10.1 Å². The highest BCUT2D eigenvalue weighted by atomic mass is 79.9. The summed E-state index contributed by atoms with van der Waals surface area (Å²) in [6.45, 7) is 4.35. The molecule has 0 spiro atoms. The fourth-order valence-corrected chi connectivity index (χ4v) is 3.05. The Morgan fingerprint density at radius 2 is 1.95 bits per heavy atom. The van der Waals surface area contributed by atoms with Gasteiger partial charge < -0.3 is 10.1 Å². The van der Waals surface area contributed by atoms with E-state index in [-0.39, 0.29) is 6.04 Å². The molecule has 2 nitrogen and oxygen atoms in total. The number of rotatable bonds is 5. The molecule has 0 fully saturated rings. The van der Waals surface area contributed by atoms with Gasteiger partial charge in [0.15, 0.2) is 0 Å². The van der Waals surface area contributed by atoms with Gasteiger partial charge in [-0.25, -0.2) is 0 Å². The Labute approximate surface area is 135 Å². The molecule has 1 unspecified atom stereocenters. The summed E-state index contributed by atoms with van der Waals surface area (Å²) in [5, 5.41) is 3.43. The number of nitrogens with one attached hydrogen (secondary N) is 1. The summed E-state index contributed by atoms with van der Waals surface area (Å²) in [6.07, 6.45) is 0.892. The molecule has 0 bridgehead atoms. The fraction of sp³-hybridized carbons (Fsp3) is 0.333. The van der Waals surface area contributed by atoms with Crippen molar-refractivity contribution in [3.8, 4) is 5.75 Å². The van der Waals surface area contributed by atoms with Crippen molar-refractivity contribution >= 4 is 15.9 Å². The van der Waals surface area contributed by atoms with Crippen LogP contribution in [0.1, 0.15) is 28.3 Å². The van der Waals surface area contributed by atoms with Crippen LogP contribution in [0.15, 0.2) is 40.9 Å². The van der Waals surface area contributed by atoms with Crippen LogP contribution in [-0.2, 0) is 6.42 Å². The lowest BCUT2D eigenvalue weighted by Gasteiger charge is -2.21. The topological polar surface area (TPSA) is 21.3 Å². The summed E-state index contributed by atoms with van der Waals surface area (Å²) in [7, 11) is 3.73. The Morgan fingerprint density at radius 3 is 2.62 bits per heavy atom. The second kappa shape index (κ2) is 7.10. The van der Waals surface area contributed by atoms with Gasteiger partial charge in [-0.2, -0.15) is 0 Å². The molecule has 0 heterocycles. The molecule has 2 aromatic carbocycles. The third-order valence-corrected chi connectivity index (χ3v) is 4.53. The van der Waals surface area contributed by atoms with E-state index >= 15 is 0 Å². The second-order valence-electron chi connectivity index (χ2n) is 5.29. The summed E-state index contributed by atoms with van der Waals surface area (Å²) in [4.78, 5) is 0. The summed E-state index contributed by atoms with van der Waals surface area (Å²) >= 11 is 3.54. The second-order valence-corrected chi connectivity index (χ2v) is 6.21. The summed E-state index contributed by atoms with van der Waals surface area (Å²) in [5.41, 5.74) is 5.23. The van der Waals surface area contributed by atoms with Gasteiger partial charge in [0.2, 0.25) is 0 Å². The highest BCUT2D eigenvalue weighted by molar-refractivity contribution is 9.10. The molecular weight excluding hydrogens is 326 g/mol. The van der Waals surface area contributed by atoms with E-state index in [1.54, 1.807) is 7.11 Å². The third-order valence-electron chi connectivity index (χ3n) is 4.04. The first-order valence-corrected chi connectivity index (χ1v) is 7.92. The number of likely N-dealkylation sites (N-methyl/N-ethyl adjacent to an activating group) is 1. The van der Waals surface area contributed by atoms with Crippen molar-refractivity contribution < 1.29 is 4.74 Å². The van der Waals surface area contributed by atoms with E-state index < -0.39 is 0 Å². The fourth-order valence-electron chi connectivity index (χ4n) is 2.65. The first kappa shape index (κ1) is 16.1. The van der Waals surface area contributed by atoms with Crippen LogP contribution in [0.4, 0.5) is 0 Å². The molecule has 0 aliphatic carbocycles. The number of hydrogen-bond acceptors (Lipinski definition) is 2. The van der Waals surface area contributed by atoms with E-state index in [4.69, 9.17) is 4.74 Å². The van der Waals surface area contributed by atoms with Gasteiger partial charge in [0.25, 0.3) is 0 Å². The standard InChI is InChI=1S/C18H22BrNO/c1-12-6-5-7-16(13(12)2)17(20-3)11-14-10-15(19)8-9-18(14)21-4/h5-10,17,20H,11H2,1-4H3. The van der Waals surface area contributed by atoms with Crippen molar-refractivity contribution in [3.63, 3.8) is 0 Å². The molecule has 0 saturated heterocycles. The van der Waals surface area contributed by atoms with Gasteiger partial charge in [-0.05, 0) is 67.8 Å². The number of halogens is 1. The average molecular weight is 348 g/mol. The van der Waals surface area contributed by atoms with Crippen molar-refractivity contribution in [2.24, 2.45) is 0 Å². The van der Waals surface area contributed by atoms with E-state index in [1.807, 2.05) is 19.2 Å². The maximum atomic E-state index is 5.49. The largest absolute Gasteiger partial charge is 0.496 e. The molecule has 0 aliphatic rings. The molecule has 0 amide bonds. The van der Waals surface area contributed by atoms with E-state index in [1.165, 1.54) is 22.3 Å². The lowest BCUT2D eigenvalue weighted by molar-refractivity contribution is 0.406. The van der Waals surface area contributed by atoms with Crippen LogP contribution in [0.3, 0.4) is 0 Å². The van der Waals surface area contributed by atoms with Crippen LogP contribution in [0.2, 0.25) is 0 Å². The smallest absolute Gasteiger partial charge is 0.122 e. The minimum atomic E-state index is 0.271. The van der Waals surface area contributed by atoms with Crippen LogP contribution in [0.5, 0.6) is 5.75 Å². The summed E-state index contributed by atoms with van der Waals surface area (Å²) in [6, 6.07) is 12.9.